The summed E-state index contributed by atoms with van der Waals surface area (Å²) in [7, 11) is 0. The first-order valence-corrected chi connectivity index (χ1v) is 2.50. The summed E-state index contributed by atoms with van der Waals surface area (Å²) in [5.41, 5.74) is 0. The third-order valence-corrected chi connectivity index (χ3v) is 0.685. The monoisotopic (exact) mass is 175 g/mol. The first-order chi connectivity index (χ1) is 5.58. The van der Waals surface area contributed by atoms with Gasteiger partial charge in [0.15, 0.2) is 0 Å². The van der Waals surface area contributed by atoms with Gasteiger partial charge in [-0.25, -0.2) is 19.8 Å². The standard InChI is InChI=1S/C4HNO7/c5-1-9-2(6)11-4(8)12-3(7)10-1/h5H. The second-order valence-corrected chi connectivity index (χ2v) is 1.45. The van der Waals surface area contributed by atoms with E-state index in [-0.39, 0.29) is 0 Å². The molecule has 0 spiro atoms. The van der Waals surface area contributed by atoms with Crippen LogP contribution in [0, 0.1) is 5.41 Å². The summed E-state index contributed by atoms with van der Waals surface area (Å²) >= 11 is 0. The lowest BCUT2D eigenvalue weighted by Crippen LogP contribution is -2.28. The van der Waals surface area contributed by atoms with Gasteiger partial charge < -0.3 is 18.9 Å². The fourth-order valence-corrected chi connectivity index (χ4v) is 0.371. The Morgan fingerprint density at radius 1 is 0.750 bits per heavy atom. The average Bonchev–Trinajstić information content (AvgIpc) is 1.81. The minimum Gasteiger partial charge on any atom is -0.344 e. The SMILES string of the molecule is N=C1OC(=O)OC(=O)OC(=O)O1. The fourth-order valence-electron chi connectivity index (χ4n) is 0.371. The molecule has 1 aliphatic rings. The van der Waals surface area contributed by atoms with Crippen molar-refractivity contribution in [2.75, 3.05) is 0 Å². The van der Waals surface area contributed by atoms with Gasteiger partial charge in [-0.2, -0.15) is 0 Å². The lowest BCUT2D eigenvalue weighted by molar-refractivity contribution is 0.0323. The van der Waals surface area contributed by atoms with E-state index in [4.69, 9.17) is 5.41 Å². The number of carbonyl (C=O) groups excluding carboxylic acids is 3. The zero-order valence-corrected chi connectivity index (χ0v) is 5.36. The van der Waals surface area contributed by atoms with Crippen LogP contribution in [0.5, 0.6) is 0 Å². The first kappa shape index (κ1) is 7.98. The summed E-state index contributed by atoms with van der Waals surface area (Å²) in [6, 6.07) is 0. The van der Waals surface area contributed by atoms with Crippen molar-refractivity contribution in [1.82, 2.24) is 0 Å². The summed E-state index contributed by atoms with van der Waals surface area (Å²) in [5, 5.41) is 6.60. The summed E-state index contributed by atoms with van der Waals surface area (Å²) < 4.78 is 15.0. The number of nitrogens with one attached hydrogen (secondary N) is 1. The Labute approximate surface area is 64.5 Å². The predicted octanol–water partition coefficient (Wildman–Crippen LogP) is 0.361. The normalized spacial score (nSPS) is 18.0. The van der Waals surface area contributed by atoms with Crippen LogP contribution < -0.4 is 0 Å². The second-order valence-electron chi connectivity index (χ2n) is 1.45. The van der Waals surface area contributed by atoms with Gasteiger partial charge in [-0.1, -0.05) is 0 Å². The van der Waals surface area contributed by atoms with Gasteiger partial charge in [0.05, 0.1) is 0 Å². The van der Waals surface area contributed by atoms with E-state index in [0.717, 1.165) is 0 Å². The number of ether oxygens (including phenoxy) is 4. The molecule has 1 aliphatic heterocycles. The van der Waals surface area contributed by atoms with Crippen LogP contribution >= 0.6 is 0 Å². The maximum Gasteiger partial charge on any atom is 0.528 e. The molecule has 1 N–H and O–H groups in total. The Hall–Kier alpha value is -2.12. The van der Waals surface area contributed by atoms with Gasteiger partial charge in [-0.3, -0.25) is 0 Å². The fraction of sp³-hybridized carbons (Fsp3) is 0. The molecular weight excluding hydrogens is 174 g/mol. The Morgan fingerprint density at radius 3 is 1.50 bits per heavy atom. The third-order valence-electron chi connectivity index (χ3n) is 0.685. The van der Waals surface area contributed by atoms with Gasteiger partial charge >= 0.3 is 24.5 Å². The highest BCUT2D eigenvalue weighted by molar-refractivity contribution is 5.94. The van der Waals surface area contributed by atoms with Crippen molar-refractivity contribution in [3.05, 3.63) is 0 Å². The van der Waals surface area contributed by atoms with E-state index in [1.54, 1.807) is 0 Å². The highest BCUT2D eigenvalue weighted by Gasteiger charge is 2.26. The highest BCUT2D eigenvalue weighted by atomic mass is 16.9. The molecule has 0 saturated carbocycles. The van der Waals surface area contributed by atoms with Crippen LogP contribution in [0.1, 0.15) is 0 Å². The molecule has 0 unspecified atom stereocenters. The topological polar surface area (TPSA) is 112 Å². The molecule has 1 rings (SSSR count). The quantitative estimate of drug-likeness (QED) is 0.417. The van der Waals surface area contributed by atoms with Gasteiger partial charge in [0.1, 0.15) is 0 Å². The van der Waals surface area contributed by atoms with Crippen LogP contribution in [0.15, 0.2) is 0 Å². The molecular formula is C4HNO7. The van der Waals surface area contributed by atoms with E-state index >= 15 is 0 Å². The molecule has 0 amide bonds. The maximum atomic E-state index is 10.3. The molecule has 8 heteroatoms. The molecule has 0 aliphatic carbocycles. The van der Waals surface area contributed by atoms with Gasteiger partial charge in [-0.05, 0) is 0 Å². The zero-order valence-electron chi connectivity index (χ0n) is 5.36. The van der Waals surface area contributed by atoms with Crippen LogP contribution in [-0.4, -0.2) is 24.5 Å². The summed E-state index contributed by atoms with van der Waals surface area (Å²) in [4.78, 5) is 30.8. The van der Waals surface area contributed by atoms with Gasteiger partial charge in [0, 0.05) is 0 Å². The molecule has 0 aromatic heterocycles. The van der Waals surface area contributed by atoms with Crippen molar-refractivity contribution in [3.63, 3.8) is 0 Å². The van der Waals surface area contributed by atoms with E-state index in [9.17, 15) is 14.4 Å². The van der Waals surface area contributed by atoms with Crippen molar-refractivity contribution in [2.45, 2.75) is 0 Å². The number of hydrogen-bond acceptors (Lipinski definition) is 8. The molecule has 1 fully saturated rings. The minimum absolute atomic E-state index is 1.13. The van der Waals surface area contributed by atoms with E-state index in [1.807, 2.05) is 0 Å². The molecule has 1 saturated heterocycles. The van der Waals surface area contributed by atoms with Crippen molar-refractivity contribution < 1.29 is 33.3 Å². The maximum absolute atomic E-state index is 10.3. The predicted molar refractivity (Wildman–Crippen MR) is 28.3 cm³/mol. The molecule has 0 aromatic rings. The van der Waals surface area contributed by atoms with Crippen LogP contribution in [0.4, 0.5) is 14.4 Å². The molecule has 64 valence electrons. The van der Waals surface area contributed by atoms with Gasteiger partial charge in [-0.15, -0.1) is 0 Å². The summed E-state index contributed by atoms with van der Waals surface area (Å²) in [6.45, 7) is 0. The van der Waals surface area contributed by atoms with Crippen molar-refractivity contribution in [1.29, 1.82) is 5.41 Å². The van der Waals surface area contributed by atoms with Crippen molar-refractivity contribution >= 4 is 24.5 Å². The molecule has 1 heterocycles. The molecule has 12 heavy (non-hydrogen) atoms. The molecule has 0 aromatic carbocycles. The largest absolute Gasteiger partial charge is 0.528 e. The van der Waals surface area contributed by atoms with Crippen LogP contribution in [0.3, 0.4) is 0 Å². The lowest BCUT2D eigenvalue weighted by Gasteiger charge is -2.07. The van der Waals surface area contributed by atoms with Crippen molar-refractivity contribution in [2.24, 2.45) is 0 Å². The van der Waals surface area contributed by atoms with E-state index in [2.05, 4.69) is 18.9 Å². The Balaban J connectivity index is 2.69. The molecule has 0 radical (unpaired) electrons. The second kappa shape index (κ2) is 2.86. The minimum atomic E-state index is -1.57. The highest BCUT2D eigenvalue weighted by Crippen LogP contribution is 1.99. The van der Waals surface area contributed by atoms with Crippen LogP contribution in [0.25, 0.3) is 0 Å². The number of cyclic esters (lactones) is 6. The Bertz CT molecular complexity index is 197. The van der Waals surface area contributed by atoms with E-state index in [0.29, 0.717) is 0 Å². The third kappa shape index (κ3) is 1.94. The van der Waals surface area contributed by atoms with E-state index in [1.165, 1.54) is 0 Å². The van der Waals surface area contributed by atoms with Crippen molar-refractivity contribution in [3.8, 4) is 0 Å². The van der Waals surface area contributed by atoms with Crippen LogP contribution in [0.2, 0.25) is 0 Å². The summed E-state index contributed by atoms with van der Waals surface area (Å²) in [5.74, 6) is 0. The number of carbonyl (C=O) groups is 3. The molecule has 0 bridgehead atoms. The molecule has 8 nitrogen and oxygen atoms in total. The average molecular weight is 175 g/mol. The Kier molecular flexibility index (Phi) is 1.90. The van der Waals surface area contributed by atoms with Gasteiger partial charge in [0.2, 0.25) is 0 Å². The van der Waals surface area contributed by atoms with E-state index < -0.39 is 24.5 Å². The zero-order chi connectivity index (χ0) is 9.14. The van der Waals surface area contributed by atoms with Crippen LogP contribution in [-0.2, 0) is 18.9 Å². The number of rotatable bonds is 0. The molecule has 0 atom stereocenters. The lowest BCUT2D eigenvalue weighted by atomic mass is 11.1. The smallest absolute Gasteiger partial charge is 0.344 e. The first-order valence-electron chi connectivity index (χ1n) is 2.50. The Morgan fingerprint density at radius 2 is 1.08 bits per heavy atom. The number of hydrogen-bond donors (Lipinski definition) is 1. The van der Waals surface area contributed by atoms with Gasteiger partial charge in [0.25, 0.3) is 0 Å². The summed E-state index contributed by atoms with van der Waals surface area (Å²) in [6.07, 6.45) is -5.70.